The van der Waals surface area contributed by atoms with E-state index in [1.807, 2.05) is 12.1 Å². The summed E-state index contributed by atoms with van der Waals surface area (Å²) in [7, 11) is 5.27. The molecular weight excluding hydrogens is 466 g/mol. The van der Waals surface area contributed by atoms with Crippen molar-refractivity contribution in [1.82, 2.24) is 24.1 Å². The molecule has 196 valence electrons. The van der Waals surface area contributed by atoms with Gasteiger partial charge in [-0.3, -0.25) is 19.2 Å². The van der Waals surface area contributed by atoms with Crippen molar-refractivity contribution >= 4 is 22.6 Å². The fraction of sp³-hybridized carbons (Fsp3) is 0.500. The first-order valence-electron chi connectivity index (χ1n) is 13.0. The summed E-state index contributed by atoms with van der Waals surface area (Å²) in [5.41, 5.74) is 4.14. The van der Waals surface area contributed by atoms with Gasteiger partial charge in [0.05, 0.1) is 23.5 Å². The minimum atomic E-state index is -0.0786. The largest absolute Gasteiger partial charge is 0.364 e. The number of carbonyl (C=O) groups is 1. The molecule has 0 saturated carbocycles. The Kier molecular flexibility index (Phi) is 7.69. The first-order chi connectivity index (χ1) is 17.7. The topological polar surface area (TPSA) is 90.4 Å². The van der Waals surface area contributed by atoms with E-state index in [9.17, 15) is 9.59 Å². The second-order valence-corrected chi connectivity index (χ2v) is 10.1. The Morgan fingerprint density at radius 3 is 2.43 bits per heavy atom. The number of fused-ring (bicyclic) bond motifs is 1. The average Bonchev–Trinajstić information content (AvgIpc) is 3.33. The lowest BCUT2D eigenvalue weighted by Gasteiger charge is -2.49. The van der Waals surface area contributed by atoms with Crippen molar-refractivity contribution in [2.45, 2.75) is 58.3 Å². The van der Waals surface area contributed by atoms with Crippen molar-refractivity contribution in [3.05, 3.63) is 58.0 Å². The predicted molar refractivity (Wildman–Crippen MR) is 146 cm³/mol. The molecule has 9 nitrogen and oxygen atoms in total. The number of benzene rings is 1. The second kappa shape index (κ2) is 10.8. The number of carbonyl (C=O) groups excluding carboxylic acids is 1. The zero-order valence-corrected chi connectivity index (χ0v) is 22.7. The van der Waals surface area contributed by atoms with Crippen LogP contribution >= 0.6 is 0 Å². The third-order valence-electron chi connectivity index (χ3n) is 7.70. The van der Waals surface area contributed by atoms with Gasteiger partial charge in [-0.2, -0.15) is 10.4 Å². The van der Waals surface area contributed by atoms with Crippen LogP contribution in [0, 0.1) is 11.3 Å². The Morgan fingerprint density at radius 2 is 1.84 bits per heavy atom. The molecule has 3 aromatic rings. The molecule has 37 heavy (non-hydrogen) atoms. The maximum absolute atomic E-state index is 12.9. The summed E-state index contributed by atoms with van der Waals surface area (Å²) in [6.07, 6.45) is 3.67. The van der Waals surface area contributed by atoms with Crippen LogP contribution in [0.15, 0.2) is 41.3 Å². The van der Waals surface area contributed by atoms with Crippen molar-refractivity contribution in [3.8, 4) is 6.07 Å². The summed E-state index contributed by atoms with van der Waals surface area (Å²) in [5.74, 6) is 0.00262. The van der Waals surface area contributed by atoms with E-state index in [1.54, 1.807) is 47.6 Å². The number of piperazine rings is 1. The fourth-order valence-electron chi connectivity index (χ4n) is 5.42. The van der Waals surface area contributed by atoms with Crippen molar-refractivity contribution in [1.29, 1.82) is 5.26 Å². The Bertz CT molecular complexity index is 1370. The lowest BCUT2D eigenvalue weighted by atomic mass is 9.96. The molecule has 1 amide bonds. The monoisotopic (exact) mass is 503 g/mol. The van der Waals surface area contributed by atoms with Crippen LogP contribution in [0.1, 0.15) is 55.6 Å². The number of rotatable bonds is 7. The smallest absolute Gasteiger partial charge is 0.253 e. The number of hydrogen-bond acceptors (Lipinski definition) is 6. The van der Waals surface area contributed by atoms with Gasteiger partial charge in [0.25, 0.3) is 11.5 Å². The molecular formula is C28H37N7O2. The van der Waals surface area contributed by atoms with Gasteiger partial charge < -0.3 is 14.4 Å². The molecule has 0 radical (unpaired) electrons. The van der Waals surface area contributed by atoms with Gasteiger partial charge in [0, 0.05) is 64.0 Å². The van der Waals surface area contributed by atoms with Crippen LogP contribution in [0.3, 0.4) is 0 Å². The first-order valence-corrected chi connectivity index (χ1v) is 13.0. The number of anilines is 1. The lowest BCUT2D eigenvalue weighted by molar-refractivity contribution is 0.0827. The molecule has 0 bridgehead atoms. The van der Waals surface area contributed by atoms with E-state index in [4.69, 9.17) is 5.26 Å². The molecule has 0 aliphatic carbocycles. The minimum absolute atomic E-state index is 0.00262. The van der Waals surface area contributed by atoms with Crippen LogP contribution < -0.4 is 10.5 Å². The molecule has 3 atom stereocenters. The van der Waals surface area contributed by atoms with Gasteiger partial charge in [0.1, 0.15) is 12.1 Å². The summed E-state index contributed by atoms with van der Waals surface area (Å²) in [6, 6.07) is 12.5. The Morgan fingerprint density at radius 1 is 1.16 bits per heavy atom. The third kappa shape index (κ3) is 4.98. The van der Waals surface area contributed by atoms with Crippen LogP contribution in [0.5, 0.6) is 0 Å². The standard InChI is InChI=1S/C28H37N7O2/c1-7-22-17-35(24-15-26(36)32(6)25-18-33(14-13-29)30-27(24)25)23(8-2)16-34(22)19(3)20-9-11-21(12-10-20)28(37)31(4)5/h9-12,15,18-19,22-23H,7-8,14,16-17H2,1-6H3/t19-,22-,23+/m1/s1. The molecule has 3 heterocycles. The van der Waals surface area contributed by atoms with Gasteiger partial charge in [-0.15, -0.1) is 0 Å². The molecule has 1 aliphatic rings. The number of nitrogens with zero attached hydrogens (tertiary/aromatic N) is 7. The van der Waals surface area contributed by atoms with Gasteiger partial charge in [-0.05, 0) is 37.5 Å². The highest BCUT2D eigenvalue weighted by atomic mass is 16.2. The van der Waals surface area contributed by atoms with E-state index in [2.05, 4.69) is 53.9 Å². The number of aromatic nitrogens is 3. The molecule has 4 rings (SSSR count). The van der Waals surface area contributed by atoms with E-state index < -0.39 is 0 Å². The van der Waals surface area contributed by atoms with Gasteiger partial charge in [-0.25, -0.2) is 0 Å². The van der Waals surface area contributed by atoms with Crippen LogP contribution in [-0.2, 0) is 13.6 Å². The lowest BCUT2D eigenvalue weighted by Crippen LogP contribution is -2.58. The van der Waals surface area contributed by atoms with Gasteiger partial charge in [-0.1, -0.05) is 26.0 Å². The van der Waals surface area contributed by atoms with Gasteiger partial charge in [0.2, 0.25) is 0 Å². The quantitative estimate of drug-likeness (QED) is 0.491. The molecule has 2 aromatic heterocycles. The highest BCUT2D eigenvalue weighted by molar-refractivity contribution is 5.93. The molecule has 1 aliphatic heterocycles. The Labute approximate surface area is 218 Å². The number of pyridine rings is 1. The molecule has 0 N–H and O–H groups in total. The molecule has 0 unspecified atom stereocenters. The summed E-state index contributed by atoms with van der Waals surface area (Å²) >= 11 is 0. The van der Waals surface area contributed by atoms with Crippen LogP contribution in [0.2, 0.25) is 0 Å². The highest BCUT2D eigenvalue weighted by Gasteiger charge is 2.36. The van der Waals surface area contributed by atoms with E-state index in [-0.39, 0.29) is 36.1 Å². The van der Waals surface area contributed by atoms with Crippen molar-refractivity contribution in [2.24, 2.45) is 7.05 Å². The summed E-state index contributed by atoms with van der Waals surface area (Å²) in [5, 5.41) is 13.8. The van der Waals surface area contributed by atoms with E-state index in [0.717, 1.165) is 42.7 Å². The normalized spacial score (nSPS) is 19.1. The number of aryl methyl sites for hydroxylation is 1. The summed E-state index contributed by atoms with van der Waals surface area (Å²) in [4.78, 5) is 31.7. The molecule has 1 fully saturated rings. The van der Waals surface area contributed by atoms with Crippen LogP contribution in [0.25, 0.3) is 11.0 Å². The predicted octanol–water partition coefficient (Wildman–Crippen LogP) is 3.40. The van der Waals surface area contributed by atoms with E-state index in [1.165, 1.54) is 5.56 Å². The average molecular weight is 504 g/mol. The highest BCUT2D eigenvalue weighted by Crippen LogP contribution is 2.34. The molecule has 1 aromatic carbocycles. The van der Waals surface area contributed by atoms with E-state index in [0.29, 0.717) is 5.56 Å². The Hall–Kier alpha value is -3.64. The van der Waals surface area contributed by atoms with Crippen molar-refractivity contribution in [2.75, 3.05) is 32.1 Å². The van der Waals surface area contributed by atoms with Crippen LogP contribution in [0.4, 0.5) is 5.69 Å². The zero-order valence-electron chi connectivity index (χ0n) is 22.7. The zero-order chi connectivity index (χ0) is 26.9. The fourth-order valence-corrected chi connectivity index (χ4v) is 5.42. The van der Waals surface area contributed by atoms with Crippen molar-refractivity contribution in [3.63, 3.8) is 0 Å². The van der Waals surface area contributed by atoms with Gasteiger partial charge >= 0.3 is 0 Å². The maximum atomic E-state index is 12.9. The van der Waals surface area contributed by atoms with Gasteiger partial charge in [0.15, 0.2) is 0 Å². The summed E-state index contributed by atoms with van der Waals surface area (Å²) in [6.45, 7) is 8.39. The minimum Gasteiger partial charge on any atom is -0.364 e. The Balaban J connectivity index is 1.66. The summed E-state index contributed by atoms with van der Waals surface area (Å²) < 4.78 is 3.20. The SMILES string of the molecule is CC[C@H]1CN([C@H](C)c2ccc(C(=O)N(C)C)cc2)[C@H](CC)CN1c1cc(=O)n(C)c2cn(CC#N)nc12. The maximum Gasteiger partial charge on any atom is 0.253 e. The number of amides is 1. The van der Waals surface area contributed by atoms with E-state index >= 15 is 0 Å². The van der Waals surface area contributed by atoms with Crippen LogP contribution in [-0.4, -0.2) is 69.3 Å². The molecule has 1 saturated heterocycles. The second-order valence-electron chi connectivity index (χ2n) is 10.1. The first kappa shape index (κ1) is 26.4. The third-order valence-corrected chi connectivity index (χ3v) is 7.70. The van der Waals surface area contributed by atoms with Crippen molar-refractivity contribution < 1.29 is 4.79 Å². The number of hydrogen-bond donors (Lipinski definition) is 0. The molecule has 9 heteroatoms. The number of nitriles is 1. The molecule has 0 spiro atoms.